The van der Waals surface area contributed by atoms with E-state index in [1.54, 1.807) is 6.07 Å². The fraction of sp³-hybridized carbons (Fsp3) is 0.0714. The van der Waals surface area contributed by atoms with Crippen LogP contribution in [-0.4, -0.2) is 4.99 Å². The Kier molecular flexibility index (Phi) is 4.17. The quantitative estimate of drug-likeness (QED) is 0.820. The molecule has 0 aliphatic rings. The number of nitrogens with one attached hydrogen (secondary N) is 1. The third kappa shape index (κ3) is 3.30. The van der Waals surface area contributed by atoms with E-state index < -0.39 is 0 Å². The number of hydrogen-bond donors (Lipinski definition) is 2. The van der Waals surface area contributed by atoms with Gasteiger partial charge < -0.3 is 11.1 Å². The smallest absolute Gasteiger partial charge is 0.125 e. The van der Waals surface area contributed by atoms with Crippen LogP contribution in [-0.2, 0) is 0 Å². The van der Waals surface area contributed by atoms with Crippen molar-refractivity contribution < 1.29 is 4.39 Å². The van der Waals surface area contributed by atoms with Gasteiger partial charge in [0.25, 0.3) is 0 Å². The number of halogens is 2. The van der Waals surface area contributed by atoms with Crippen molar-refractivity contribution >= 4 is 44.5 Å². The van der Waals surface area contributed by atoms with Crippen LogP contribution in [0.3, 0.4) is 0 Å². The molecule has 0 aliphatic carbocycles. The van der Waals surface area contributed by atoms with E-state index in [9.17, 15) is 4.39 Å². The first-order valence-corrected chi connectivity index (χ1v) is 6.80. The standard InChI is InChI=1S/C14H12BrFN2S/c1-8-2-4-10(16)7-12(8)18-13-6-9(15)3-5-11(13)14(17)19/h2-7,18H,1H3,(H2,17,19). The molecule has 0 saturated heterocycles. The van der Waals surface area contributed by atoms with Crippen LogP contribution in [0.4, 0.5) is 15.8 Å². The van der Waals surface area contributed by atoms with Crippen molar-refractivity contribution in [3.8, 4) is 0 Å². The predicted octanol–water partition coefficient (Wildman–Crippen LogP) is 4.27. The van der Waals surface area contributed by atoms with Gasteiger partial charge in [0.15, 0.2) is 0 Å². The molecule has 19 heavy (non-hydrogen) atoms. The fourth-order valence-electron chi connectivity index (χ4n) is 1.71. The van der Waals surface area contributed by atoms with E-state index in [4.69, 9.17) is 18.0 Å². The first-order valence-electron chi connectivity index (χ1n) is 5.60. The molecule has 0 saturated carbocycles. The molecule has 0 aromatic heterocycles. The number of rotatable bonds is 3. The molecule has 2 nitrogen and oxygen atoms in total. The van der Waals surface area contributed by atoms with Crippen LogP contribution in [0.15, 0.2) is 40.9 Å². The van der Waals surface area contributed by atoms with Crippen molar-refractivity contribution in [3.63, 3.8) is 0 Å². The summed E-state index contributed by atoms with van der Waals surface area (Å²) in [7, 11) is 0. The van der Waals surface area contributed by atoms with Crippen molar-refractivity contribution in [3.05, 3.63) is 57.8 Å². The summed E-state index contributed by atoms with van der Waals surface area (Å²) < 4.78 is 14.2. The largest absolute Gasteiger partial charge is 0.389 e. The summed E-state index contributed by atoms with van der Waals surface area (Å²) in [5.74, 6) is -0.292. The molecule has 0 fully saturated rings. The molecule has 0 atom stereocenters. The lowest BCUT2D eigenvalue weighted by Crippen LogP contribution is -2.12. The van der Waals surface area contributed by atoms with E-state index in [-0.39, 0.29) is 5.82 Å². The molecule has 2 rings (SSSR count). The van der Waals surface area contributed by atoms with Gasteiger partial charge in [-0.3, -0.25) is 0 Å². The third-order valence-corrected chi connectivity index (χ3v) is 3.43. The number of hydrogen-bond acceptors (Lipinski definition) is 2. The number of anilines is 2. The zero-order valence-corrected chi connectivity index (χ0v) is 12.6. The second-order valence-electron chi connectivity index (χ2n) is 4.14. The number of nitrogens with two attached hydrogens (primary N) is 1. The zero-order valence-electron chi connectivity index (χ0n) is 10.2. The van der Waals surface area contributed by atoms with Gasteiger partial charge in [-0.05, 0) is 42.8 Å². The highest BCUT2D eigenvalue weighted by Crippen LogP contribution is 2.27. The molecule has 0 unspecified atom stereocenters. The molecular formula is C14H12BrFN2S. The second-order valence-corrected chi connectivity index (χ2v) is 5.49. The number of benzene rings is 2. The van der Waals surface area contributed by atoms with Crippen molar-refractivity contribution in [2.45, 2.75) is 6.92 Å². The van der Waals surface area contributed by atoms with Crippen LogP contribution >= 0.6 is 28.1 Å². The van der Waals surface area contributed by atoms with Crippen molar-refractivity contribution in [2.24, 2.45) is 5.73 Å². The molecule has 2 aromatic carbocycles. The maximum absolute atomic E-state index is 13.3. The molecule has 98 valence electrons. The molecule has 0 aliphatic heterocycles. The van der Waals surface area contributed by atoms with Crippen LogP contribution in [0.25, 0.3) is 0 Å². The molecular weight excluding hydrogens is 327 g/mol. The second kappa shape index (κ2) is 5.67. The average molecular weight is 339 g/mol. The van der Waals surface area contributed by atoms with Crippen molar-refractivity contribution in [1.29, 1.82) is 0 Å². The van der Waals surface area contributed by atoms with Crippen molar-refractivity contribution in [1.82, 2.24) is 0 Å². The van der Waals surface area contributed by atoms with Crippen molar-refractivity contribution in [2.75, 3.05) is 5.32 Å². The zero-order chi connectivity index (χ0) is 14.0. The van der Waals surface area contributed by atoms with Gasteiger partial charge in [0.05, 0.1) is 0 Å². The summed E-state index contributed by atoms with van der Waals surface area (Å²) >= 11 is 8.41. The van der Waals surface area contributed by atoms with Gasteiger partial charge in [0.2, 0.25) is 0 Å². The van der Waals surface area contributed by atoms with E-state index in [1.165, 1.54) is 12.1 Å². The summed E-state index contributed by atoms with van der Waals surface area (Å²) in [6.07, 6.45) is 0. The lowest BCUT2D eigenvalue weighted by molar-refractivity contribution is 0.628. The molecule has 0 amide bonds. The first-order chi connectivity index (χ1) is 8.97. The maximum atomic E-state index is 13.3. The van der Waals surface area contributed by atoms with E-state index in [0.29, 0.717) is 10.7 Å². The summed E-state index contributed by atoms with van der Waals surface area (Å²) in [6.45, 7) is 1.90. The number of thiocarbonyl (C=S) groups is 1. The molecule has 2 aromatic rings. The summed E-state index contributed by atoms with van der Waals surface area (Å²) in [5.41, 5.74) is 8.79. The fourth-order valence-corrected chi connectivity index (χ4v) is 2.25. The Labute approximate surface area is 124 Å². The van der Waals surface area contributed by atoms with E-state index in [1.807, 2.05) is 25.1 Å². The Morgan fingerprint density at radius 2 is 1.95 bits per heavy atom. The van der Waals surface area contributed by atoms with E-state index in [0.717, 1.165) is 21.3 Å². The molecule has 3 N–H and O–H groups in total. The normalized spacial score (nSPS) is 10.3. The van der Waals surface area contributed by atoms with E-state index >= 15 is 0 Å². The Balaban J connectivity index is 2.45. The molecule has 0 heterocycles. The minimum atomic E-state index is -0.292. The minimum Gasteiger partial charge on any atom is -0.389 e. The Morgan fingerprint density at radius 1 is 1.21 bits per heavy atom. The summed E-state index contributed by atoms with van der Waals surface area (Å²) in [6, 6.07) is 10.1. The summed E-state index contributed by atoms with van der Waals surface area (Å²) in [4.78, 5) is 0.295. The highest BCUT2D eigenvalue weighted by Gasteiger charge is 2.08. The molecule has 0 bridgehead atoms. The highest BCUT2D eigenvalue weighted by atomic mass is 79.9. The van der Waals surface area contributed by atoms with Crippen LogP contribution in [0.1, 0.15) is 11.1 Å². The Morgan fingerprint density at radius 3 is 2.63 bits per heavy atom. The molecule has 0 spiro atoms. The van der Waals surface area contributed by atoms with Gasteiger partial charge in [0, 0.05) is 21.4 Å². The SMILES string of the molecule is Cc1ccc(F)cc1Nc1cc(Br)ccc1C(N)=S. The molecule has 5 heteroatoms. The number of aryl methyl sites for hydroxylation is 1. The average Bonchev–Trinajstić information content (AvgIpc) is 2.33. The summed E-state index contributed by atoms with van der Waals surface area (Å²) in [5, 5.41) is 3.17. The Hall–Kier alpha value is -1.46. The lowest BCUT2D eigenvalue weighted by Gasteiger charge is -2.13. The van der Waals surface area contributed by atoms with E-state index in [2.05, 4.69) is 21.2 Å². The van der Waals surface area contributed by atoms with Crippen LogP contribution in [0, 0.1) is 12.7 Å². The van der Waals surface area contributed by atoms with Gasteiger partial charge in [-0.25, -0.2) is 4.39 Å². The van der Waals surface area contributed by atoms with Crippen LogP contribution in [0.5, 0.6) is 0 Å². The van der Waals surface area contributed by atoms with Gasteiger partial charge >= 0.3 is 0 Å². The van der Waals surface area contributed by atoms with Gasteiger partial charge in [0.1, 0.15) is 10.8 Å². The highest BCUT2D eigenvalue weighted by molar-refractivity contribution is 9.10. The Bertz CT molecular complexity index is 643. The van der Waals surface area contributed by atoms with Crippen LogP contribution in [0.2, 0.25) is 0 Å². The lowest BCUT2D eigenvalue weighted by atomic mass is 10.1. The molecule has 0 radical (unpaired) electrons. The van der Waals surface area contributed by atoms with Gasteiger partial charge in [-0.2, -0.15) is 0 Å². The predicted molar refractivity (Wildman–Crippen MR) is 84.4 cm³/mol. The van der Waals surface area contributed by atoms with Gasteiger partial charge in [-0.15, -0.1) is 0 Å². The minimum absolute atomic E-state index is 0.292. The third-order valence-electron chi connectivity index (χ3n) is 2.72. The topological polar surface area (TPSA) is 38.0 Å². The monoisotopic (exact) mass is 338 g/mol. The first kappa shape index (κ1) is 14.0. The van der Waals surface area contributed by atoms with Crippen LogP contribution < -0.4 is 11.1 Å². The van der Waals surface area contributed by atoms with Gasteiger partial charge in [-0.1, -0.05) is 34.2 Å². The maximum Gasteiger partial charge on any atom is 0.125 e.